The summed E-state index contributed by atoms with van der Waals surface area (Å²) in [7, 11) is 3.81. The fraction of sp³-hybridized carbons (Fsp3) is 0.562. The van der Waals surface area contributed by atoms with Gasteiger partial charge in [-0.3, -0.25) is 4.79 Å². The molecule has 112 valence electrons. The number of nitrogens with one attached hydrogen (secondary N) is 1. The van der Waals surface area contributed by atoms with Crippen LogP contribution in [0.5, 0.6) is 0 Å². The van der Waals surface area contributed by atoms with Crippen molar-refractivity contribution in [2.75, 3.05) is 27.2 Å². The molecule has 1 unspecified atom stereocenters. The van der Waals surface area contributed by atoms with E-state index in [1.807, 2.05) is 19.0 Å². The normalized spacial score (nSPS) is 17.0. The molecule has 4 heteroatoms. The predicted molar refractivity (Wildman–Crippen MR) is 85.5 cm³/mol. The van der Waals surface area contributed by atoms with Crippen molar-refractivity contribution < 1.29 is 4.79 Å². The molecule has 0 spiro atoms. The van der Waals surface area contributed by atoms with E-state index >= 15 is 0 Å². The van der Waals surface area contributed by atoms with E-state index < -0.39 is 0 Å². The molecule has 20 heavy (non-hydrogen) atoms. The van der Waals surface area contributed by atoms with Crippen LogP contribution < -0.4 is 5.32 Å². The molecule has 0 bridgehead atoms. The minimum Gasteiger partial charge on any atom is -0.344 e. The maximum absolute atomic E-state index is 12.2. The molecular weight excluding hydrogens is 272 g/mol. The molecule has 1 aromatic rings. The third kappa shape index (κ3) is 4.22. The summed E-state index contributed by atoms with van der Waals surface area (Å²) in [4.78, 5) is 14.1. The number of benzene rings is 1. The van der Waals surface area contributed by atoms with Gasteiger partial charge in [0.15, 0.2) is 0 Å². The molecule has 1 atom stereocenters. The average Bonchev–Trinajstić information content (AvgIpc) is 2.45. The Labute approximate surface area is 128 Å². The predicted octanol–water partition coefficient (Wildman–Crippen LogP) is 2.60. The van der Waals surface area contributed by atoms with E-state index in [4.69, 9.17) is 0 Å². The van der Waals surface area contributed by atoms with Gasteiger partial charge in [0.25, 0.3) is 0 Å². The van der Waals surface area contributed by atoms with Crippen LogP contribution >= 0.6 is 12.4 Å². The summed E-state index contributed by atoms with van der Waals surface area (Å²) in [5.74, 6) is 0.673. The third-order valence-corrected chi connectivity index (χ3v) is 4.04. The summed E-state index contributed by atoms with van der Waals surface area (Å²) < 4.78 is 0. The van der Waals surface area contributed by atoms with Crippen molar-refractivity contribution in [3.05, 3.63) is 35.4 Å². The standard InChI is InChI=1S/C16H24N2O.ClH/c1-17-10-11-18(2)16(19)12-14-8-5-7-13-6-3-4-9-15(13)14;/h3-4,6,9,14,17H,5,7-8,10-12H2,1-2H3;1H. The van der Waals surface area contributed by atoms with Crippen molar-refractivity contribution in [3.63, 3.8) is 0 Å². The molecule has 0 saturated carbocycles. The highest BCUT2D eigenvalue weighted by atomic mass is 35.5. The van der Waals surface area contributed by atoms with Gasteiger partial charge in [0.2, 0.25) is 5.91 Å². The van der Waals surface area contributed by atoms with Crippen LogP contribution in [-0.2, 0) is 11.2 Å². The van der Waals surface area contributed by atoms with E-state index in [1.165, 1.54) is 17.5 Å². The first-order valence-electron chi connectivity index (χ1n) is 7.18. The number of fused-ring (bicyclic) bond motifs is 1. The van der Waals surface area contributed by atoms with Gasteiger partial charge in [-0.05, 0) is 43.4 Å². The molecule has 0 aliphatic heterocycles. The summed E-state index contributed by atoms with van der Waals surface area (Å²) in [6.45, 7) is 1.63. The Morgan fingerprint density at radius 2 is 2.15 bits per heavy atom. The number of halogens is 1. The lowest BCUT2D eigenvalue weighted by molar-refractivity contribution is -0.130. The van der Waals surface area contributed by atoms with Crippen molar-refractivity contribution >= 4 is 18.3 Å². The zero-order chi connectivity index (χ0) is 13.7. The Morgan fingerprint density at radius 3 is 2.90 bits per heavy atom. The van der Waals surface area contributed by atoms with Gasteiger partial charge in [0.1, 0.15) is 0 Å². The van der Waals surface area contributed by atoms with E-state index in [1.54, 1.807) is 0 Å². The van der Waals surface area contributed by atoms with Crippen molar-refractivity contribution in [1.29, 1.82) is 0 Å². The lowest BCUT2D eigenvalue weighted by Crippen LogP contribution is -2.33. The van der Waals surface area contributed by atoms with E-state index in [0.717, 1.165) is 25.9 Å². The van der Waals surface area contributed by atoms with Crippen LogP contribution in [0.4, 0.5) is 0 Å². The molecule has 0 heterocycles. The molecule has 1 amide bonds. The number of rotatable bonds is 5. The number of carbonyl (C=O) groups is 1. The average molecular weight is 297 g/mol. The van der Waals surface area contributed by atoms with Gasteiger partial charge in [-0.2, -0.15) is 0 Å². The summed E-state index contributed by atoms with van der Waals surface area (Å²) in [5.41, 5.74) is 2.83. The Bertz CT molecular complexity index is 436. The van der Waals surface area contributed by atoms with Crippen LogP contribution in [-0.4, -0.2) is 38.0 Å². The number of carbonyl (C=O) groups excluding carboxylic acids is 1. The first-order chi connectivity index (χ1) is 9.22. The maximum Gasteiger partial charge on any atom is 0.222 e. The van der Waals surface area contributed by atoms with Crippen LogP contribution in [0.1, 0.15) is 36.3 Å². The highest BCUT2D eigenvalue weighted by Crippen LogP contribution is 2.33. The molecule has 1 N–H and O–H groups in total. The quantitative estimate of drug-likeness (QED) is 0.906. The summed E-state index contributed by atoms with van der Waals surface area (Å²) >= 11 is 0. The second-order valence-electron chi connectivity index (χ2n) is 5.41. The van der Waals surface area contributed by atoms with Gasteiger partial charge in [-0.1, -0.05) is 24.3 Å². The van der Waals surface area contributed by atoms with E-state index in [-0.39, 0.29) is 18.3 Å². The number of amides is 1. The molecule has 1 aliphatic carbocycles. The minimum atomic E-state index is 0. The Hall–Kier alpha value is -1.06. The fourth-order valence-electron chi connectivity index (χ4n) is 2.84. The summed E-state index contributed by atoms with van der Waals surface area (Å²) in [6.07, 6.45) is 4.16. The van der Waals surface area contributed by atoms with Gasteiger partial charge in [-0.15, -0.1) is 12.4 Å². The molecule has 3 nitrogen and oxygen atoms in total. The number of nitrogens with zero attached hydrogens (tertiary/aromatic N) is 1. The molecule has 2 rings (SSSR count). The van der Waals surface area contributed by atoms with Crippen LogP contribution in [0.3, 0.4) is 0 Å². The molecule has 0 fully saturated rings. The van der Waals surface area contributed by atoms with Gasteiger partial charge in [-0.25, -0.2) is 0 Å². The third-order valence-electron chi connectivity index (χ3n) is 4.04. The van der Waals surface area contributed by atoms with Crippen LogP contribution in [0.15, 0.2) is 24.3 Å². The topological polar surface area (TPSA) is 32.3 Å². The summed E-state index contributed by atoms with van der Waals surface area (Å²) in [6, 6.07) is 8.59. The van der Waals surface area contributed by atoms with Crippen molar-refractivity contribution in [2.45, 2.75) is 31.6 Å². The second-order valence-corrected chi connectivity index (χ2v) is 5.41. The molecule has 0 saturated heterocycles. The van der Waals surface area contributed by atoms with Crippen LogP contribution in [0, 0.1) is 0 Å². The van der Waals surface area contributed by atoms with E-state index in [0.29, 0.717) is 12.3 Å². The number of aryl methyl sites for hydroxylation is 1. The van der Waals surface area contributed by atoms with Crippen molar-refractivity contribution in [1.82, 2.24) is 10.2 Å². The van der Waals surface area contributed by atoms with Gasteiger partial charge in [0.05, 0.1) is 0 Å². The van der Waals surface area contributed by atoms with E-state index in [9.17, 15) is 4.79 Å². The van der Waals surface area contributed by atoms with Crippen LogP contribution in [0.2, 0.25) is 0 Å². The van der Waals surface area contributed by atoms with Crippen LogP contribution in [0.25, 0.3) is 0 Å². The van der Waals surface area contributed by atoms with Crippen molar-refractivity contribution in [2.24, 2.45) is 0 Å². The molecule has 0 radical (unpaired) electrons. The van der Waals surface area contributed by atoms with Gasteiger partial charge < -0.3 is 10.2 Å². The molecule has 1 aromatic carbocycles. The minimum absolute atomic E-state index is 0. The zero-order valence-corrected chi connectivity index (χ0v) is 13.2. The number of likely N-dealkylation sites (N-methyl/N-ethyl adjacent to an activating group) is 2. The Kier molecular flexibility index (Phi) is 7.03. The number of hydrogen-bond donors (Lipinski definition) is 1. The van der Waals surface area contributed by atoms with Gasteiger partial charge >= 0.3 is 0 Å². The monoisotopic (exact) mass is 296 g/mol. The fourth-order valence-corrected chi connectivity index (χ4v) is 2.84. The second kappa shape index (κ2) is 8.28. The SMILES string of the molecule is CNCCN(C)C(=O)CC1CCCc2ccccc21.Cl. The highest BCUT2D eigenvalue weighted by Gasteiger charge is 2.23. The highest BCUT2D eigenvalue weighted by molar-refractivity contribution is 5.85. The Balaban J connectivity index is 0.00000200. The summed E-state index contributed by atoms with van der Waals surface area (Å²) in [5, 5.41) is 3.08. The lowest BCUT2D eigenvalue weighted by Gasteiger charge is -2.27. The Morgan fingerprint density at radius 1 is 1.40 bits per heavy atom. The maximum atomic E-state index is 12.2. The molecule has 1 aliphatic rings. The lowest BCUT2D eigenvalue weighted by atomic mass is 9.81. The largest absolute Gasteiger partial charge is 0.344 e. The van der Waals surface area contributed by atoms with Gasteiger partial charge in [0, 0.05) is 26.6 Å². The number of hydrogen-bond acceptors (Lipinski definition) is 2. The van der Waals surface area contributed by atoms with E-state index in [2.05, 4.69) is 29.6 Å². The zero-order valence-electron chi connectivity index (χ0n) is 12.4. The first-order valence-corrected chi connectivity index (χ1v) is 7.18. The first kappa shape index (κ1) is 17.0. The molecule has 0 aromatic heterocycles. The smallest absolute Gasteiger partial charge is 0.222 e. The van der Waals surface area contributed by atoms with Crippen molar-refractivity contribution in [3.8, 4) is 0 Å². The molecular formula is C16H25ClN2O.